The van der Waals surface area contributed by atoms with Crippen LogP contribution in [0.15, 0.2) is 96.2 Å². The van der Waals surface area contributed by atoms with Crippen LogP contribution in [0.4, 0.5) is 4.39 Å². The molecule has 0 saturated heterocycles. The van der Waals surface area contributed by atoms with Crippen LogP contribution in [-0.2, 0) is 0 Å². The van der Waals surface area contributed by atoms with Crippen molar-refractivity contribution in [1.82, 2.24) is 0 Å². The van der Waals surface area contributed by atoms with Gasteiger partial charge in [0.1, 0.15) is 12.4 Å². The first-order valence-electron chi connectivity index (χ1n) is 10.0. The van der Waals surface area contributed by atoms with Crippen LogP contribution in [0.1, 0.15) is 36.2 Å². The third-order valence-corrected chi connectivity index (χ3v) is 4.78. The molecule has 0 amide bonds. The maximum Gasteiger partial charge on any atom is 0.165 e. The topological polar surface area (TPSA) is 69.9 Å². The Labute approximate surface area is 181 Å². The Morgan fingerprint density at radius 2 is 1.58 bits per heavy atom. The Balaban J connectivity index is 1.73. The lowest BCUT2D eigenvalue weighted by Gasteiger charge is -2.14. The first kappa shape index (κ1) is 22.3. The van der Waals surface area contributed by atoms with E-state index in [9.17, 15) is 19.7 Å². The third-order valence-electron chi connectivity index (χ3n) is 4.78. The summed E-state index contributed by atoms with van der Waals surface area (Å²) in [5.41, 5.74) is 5.00. The van der Waals surface area contributed by atoms with Crippen molar-refractivity contribution in [2.75, 3.05) is 6.61 Å². The van der Waals surface area contributed by atoms with E-state index >= 15 is 0 Å². The molecule has 0 heterocycles. The number of halogens is 1. The van der Waals surface area contributed by atoms with Crippen LogP contribution < -0.4 is 4.74 Å². The molecule has 0 aliphatic carbocycles. The van der Waals surface area contributed by atoms with Gasteiger partial charge in [0.05, 0.1) is 12.2 Å². The Morgan fingerprint density at radius 1 is 0.903 bits per heavy atom. The van der Waals surface area contributed by atoms with Gasteiger partial charge in [-0.2, -0.15) is 0 Å². The van der Waals surface area contributed by atoms with Gasteiger partial charge in [0.15, 0.2) is 11.6 Å². The summed E-state index contributed by atoms with van der Waals surface area (Å²) in [7, 11) is 0. The molecule has 2 atom stereocenters. The lowest BCUT2D eigenvalue weighted by Crippen LogP contribution is -2.06. The maximum atomic E-state index is 13.5. The summed E-state index contributed by atoms with van der Waals surface area (Å²) in [6.45, 7) is 0.230. The molecule has 0 bridgehead atoms. The fraction of sp³-hybridized carbons (Fsp3) is 0.192. The smallest absolute Gasteiger partial charge is 0.165 e. The predicted octanol–water partition coefficient (Wildman–Crippen LogP) is 5.24. The van der Waals surface area contributed by atoms with E-state index in [4.69, 9.17) is 4.74 Å². The number of benzene rings is 3. The summed E-state index contributed by atoms with van der Waals surface area (Å²) in [6.07, 6.45) is 0.500. The quantitative estimate of drug-likeness (QED) is 0.414. The molecule has 0 saturated carbocycles. The molecule has 3 rings (SSSR count). The highest BCUT2D eigenvalue weighted by Gasteiger charge is 2.12. The van der Waals surface area contributed by atoms with Gasteiger partial charge in [0, 0.05) is 18.4 Å². The number of ether oxygens (including phenoxy) is 1. The van der Waals surface area contributed by atoms with Crippen molar-refractivity contribution in [3.63, 3.8) is 0 Å². The normalized spacial score (nSPS) is 12.5. The van der Waals surface area contributed by atoms with Crippen LogP contribution in [0, 0.1) is 5.82 Å². The molecule has 3 aromatic carbocycles. The van der Waals surface area contributed by atoms with E-state index in [2.05, 4.69) is 5.73 Å². The Hall–Kier alpha value is -3.37. The van der Waals surface area contributed by atoms with Crippen LogP contribution in [0.2, 0.25) is 0 Å². The molecule has 0 unspecified atom stereocenters. The van der Waals surface area contributed by atoms with E-state index < -0.39 is 23.8 Å². The van der Waals surface area contributed by atoms with Crippen molar-refractivity contribution in [3.8, 4) is 11.5 Å². The molecule has 160 valence electrons. The number of rotatable bonds is 9. The minimum absolute atomic E-state index is 0.195. The number of aromatic hydroxyl groups is 1. The third kappa shape index (κ3) is 6.83. The zero-order valence-corrected chi connectivity index (χ0v) is 17.0. The number of hydrogen-bond donors (Lipinski definition) is 3. The van der Waals surface area contributed by atoms with Gasteiger partial charge < -0.3 is 20.1 Å². The fourth-order valence-corrected chi connectivity index (χ4v) is 3.05. The molecule has 0 spiro atoms. The van der Waals surface area contributed by atoms with Crippen molar-refractivity contribution < 1.29 is 24.4 Å². The summed E-state index contributed by atoms with van der Waals surface area (Å²) in [5, 5.41) is 30.2. The SMILES string of the molecule is Oc1ccc([C@H](O)CC=C=C(COc2ccccc2)C[C@@H](O)c2ccccc2)cc1F. The molecular weight excluding hydrogens is 395 g/mol. The highest BCUT2D eigenvalue weighted by atomic mass is 19.1. The fourth-order valence-electron chi connectivity index (χ4n) is 3.05. The van der Waals surface area contributed by atoms with Gasteiger partial charge in [-0.3, -0.25) is 0 Å². The van der Waals surface area contributed by atoms with Gasteiger partial charge in [-0.1, -0.05) is 54.6 Å². The molecule has 0 radical (unpaired) electrons. The Kier molecular flexibility index (Phi) is 8.02. The highest BCUT2D eigenvalue weighted by Crippen LogP contribution is 2.24. The molecule has 3 aromatic rings. The molecule has 0 aliphatic heterocycles. The molecule has 4 nitrogen and oxygen atoms in total. The van der Waals surface area contributed by atoms with Crippen molar-refractivity contribution in [2.45, 2.75) is 25.0 Å². The first-order chi connectivity index (χ1) is 15.0. The number of para-hydroxylation sites is 1. The number of phenols is 1. The van der Waals surface area contributed by atoms with Crippen molar-refractivity contribution >= 4 is 0 Å². The lowest BCUT2D eigenvalue weighted by molar-refractivity contribution is 0.173. The maximum absolute atomic E-state index is 13.5. The van der Waals surface area contributed by atoms with E-state index in [1.165, 1.54) is 12.1 Å². The largest absolute Gasteiger partial charge is 0.505 e. The van der Waals surface area contributed by atoms with E-state index in [0.29, 0.717) is 17.7 Å². The molecular formula is C26H25FO4. The standard InChI is InChI=1S/C26H25FO4/c27-23-17-21(14-15-25(23)29)24(28)13-7-8-19(18-31-22-11-5-2-6-12-22)16-26(30)20-9-3-1-4-10-20/h1-7,9-12,14-15,17,24,26,28-30H,13,16,18H2/t8?,24-,26-/m1/s1. The molecule has 0 aliphatic rings. The van der Waals surface area contributed by atoms with Crippen LogP contribution in [-0.4, -0.2) is 21.9 Å². The molecule has 3 N–H and O–H groups in total. The molecule has 31 heavy (non-hydrogen) atoms. The zero-order valence-electron chi connectivity index (χ0n) is 17.0. The van der Waals surface area contributed by atoms with Crippen LogP contribution in [0.5, 0.6) is 11.5 Å². The molecule has 5 heteroatoms. The average Bonchev–Trinajstić information content (AvgIpc) is 2.80. The molecule has 0 fully saturated rings. The lowest BCUT2D eigenvalue weighted by atomic mass is 10.0. The predicted molar refractivity (Wildman–Crippen MR) is 117 cm³/mol. The van der Waals surface area contributed by atoms with E-state index in [0.717, 1.165) is 17.2 Å². The number of aliphatic hydroxyl groups is 2. The second-order valence-electron chi connectivity index (χ2n) is 7.15. The van der Waals surface area contributed by atoms with Crippen LogP contribution in [0.25, 0.3) is 0 Å². The zero-order chi connectivity index (χ0) is 22.1. The van der Waals surface area contributed by atoms with Gasteiger partial charge in [-0.25, -0.2) is 4.39 Å². The Morgan fingerprint density at radius 3 is 2.26 bits per heavy atom. The summed E-state index contributed by atoms with van der Waals surface area (Å²) < 4.78 is 19.3. The number of hydrogen-bond acceptors (Lipinski definition) is 4. The Bertz CT molecular complexity index is 1030. The van der Waals surface area contributed by atoms with Gasteiger partial charge in [0.2, 0.25) is 0 Å². The van der Waals surface area contributed by atoms with Gasteiger partial charge in [-0.15, -0.1) is 5.73 Å². The monoisotopic (exact) mass is 420 g/mol. The second-order valence-corrected chi connectivity index (χ2v) is 7.15. The minimum atomic E-state index is -0.946. The van der Waals surface area contributed by atoms with E-state index in [1.54, 1.807) is 6.08 Å². The summed E-state index contributed by atoms with van der Waals surface area (Å²) in [6, 6.07) is 22.5. The van der Waals surface area contributed by atoms with Crippen molar-refractivity contribution in [2.24, 2.45) is 0 Å². The van der Waals surface area contributed by atoms with Crippen molar-refractivity contribution in [1.29, 1.82) is 0 Å². The summed E-state index contributed by atoms with van der Waals surface area (Å²) in [5.74, 6) is -0.531. The summed E-state index contributed by atoms with van der Waals surface area (Å²) in [4.78, 5) is 0. The van der Waals surface area contributed by atoms with Crippen LogP contribution in [0.3, 0.4) is 0 Å². The van der Waals surface area contributed by atoms with Gasteiger partial charge in [-0.05, 0) is 41.5 Å². The molecule has 0 aromatic heterocycles. The average molecular weight is 420 g/mol. The van der Waals surface area contributed by atoms with E-state index in [-0.39, 0.29) is 13.0 Å². The second kappa shape index (κ2) is 11.1. The minimum Gasteiger partial charge on any atom is -0.505 e. The first-order valence-corrected chi connectivity index (χ1v) is 10.0. The van der Waals surface area contributed by atoms with E-state index in [1.807, 2.05) is 60.7 Å². The highest BCUT2D eigenvalue weighted by molar-refractivity contribution is 5.29. The summed E-state index contributed by atoms with van der Waals surface area (Å²) >= 11 is 0. The number of aliphatic hydroxyl groups excluding tert-OH is 2. The van der Waals surface area contributed by atoms with Gasteiger partial charge >= 0.3 is 0 Å². The number of phenolic OH excluding ortho intramolecular Hbond substituents is 1. The van der Waals surface area contributed by atoms with Crippen LogP contribution >= 0.6 is 0 Å². The van der Waals surface area contributed by atoms with Gasteiger partial charge in [0.25, 0.3) is 0 Å². The van der Waals surface area contributed by atoms with Crippen molar-refractivity contribution in [3.05, 3.63) is 113 Å².